The topological polar surface area (TPSA) is 28.2 Å². The highest BCUT2D eigenvalue weighted by Gasteiger charge is 2.14. The molecule has 2 aromatic rings. The van der Waals surface area contributed by atoms with Gasteiger partial charge in [0, 0.05) is 42.3 Å². The first kappa shape index (κ1) is 16.0. The Bertz CT molecular complexity index is 523. The number of nitrogens with zero attached hydrogens (tertiary/aromatic N) is 2. The first-order chi connectivity index (χ1) is 10.2. The molecule has 0 saturated carbocycles. The van der Waals surface area contributed by atoms with Crippen molar-refractivity contribution in [3.05, 3.63) is 46.3 Å². The van der Waals surface area contributed by atoms with Gasteiger partial charge in [-0.05, 0) is 37.8 Å². The Balaban J connectivity index is 2.09. The Morgan fingerprint density at radius 3 is 2.76 bits per heavy atom. The summed E-state index contributed by atoms with van der Waals surface area (Å²) in [5.74, 6) is 1.02. The van der Waals surface area contributed by atoms with Gasteiger partial charge in [0.25, 0.3) is 0 Å². The van der Waals surface area contributed by atoms with E-state index in [4.69, 9.17) is 0 Å². The highest BCUT2D eigenvalue weighted by Crippen LogP contribution is 2.20. The fourth-order valence-corrected chi connectivity index (χ4v) is 2.94. The Morgan fingerprint density at radius 1 is 1.24 bits per heavy atom. The van der Waals surface area contributed by atoms with Crippen molar-refractivity contribution in [2.75, 3.05) is 11.9 Å². The van der Waals surface area contributed by atoms with Gasteiger partial charge in [-0.25, -0.2) is 4.98 Å². The summed E-state index contributed by atoms with van der Waals surface area (Å²) in [4.78, 5) is 8.39. The summed E-state index contributed by atoms with van der Waals surface area (Å²) in [6, 6.07) is 9.03. The predicted molar refractivity (Wildman–Crippen MR) is 91.7 cm³/mol. The molecule has 0 bridgehead atoms. The van der Waals surface area contributed by atoms with Crippen molar-refractivity contribution >= 4 is 17.2 Å². The van der Waals surface area contributed by atoms with Gasteiger partial charge in [0.15, 0.2) is 0 Å². The number of hydrogen-bond donors (Lipinski definition) is 1. The molecule has 3 nitrogen and oxygen atoms in total. The molecule has 0 aliphatic rings. The SMILES string of the molecule is CCCNc1ncccc1CN(Cc1cccs1)C(C)C. The lowest BCUT2D eigenvalue weighted by Gasteiger charge is -2.26. The molecular formula is C17H25N3S. The summed E-state index contributed by atoms with van der Waals surface area (Å²) in [7, 11) is 0. The highest BCUT2D eigenvalue weighted by atomic mass is 32.1. The van der Waals surface area contributed by atoms with Gasteiger partial charge in [-0.2, -0.15) is 0 Å². The normalized spacial score (nSPS) is 11.3. The van der Waals surface area contributed by atoms with Crippen LogP contribution in [0.15, 0.2) is 35.8 Å². The maximum absolute atomic E-state index is 4.49. The molecule has 0 atom stereocenters. The van der Waals surface area contributed by atoms with E-state index in [9.17, 15) is 0 Å². The number of thiophene rings is 1. The Kier molecular flexibility index (Phi) is 6.21. The lowest BCUT2D eigenvalue weighted by Crippen LogP contribution is -2.30. The summed E-state index contributed by atoms with van der Waals surface area (Å²) < 4.78 is 0. The Hall–Kier alpha value is -1.39. The molecule has 0 fully saturated rings. The molecule has 0 radical (unpaired) electrons. The zero-order valence-corrected chi connectivity index (χ0v) is 14.0. The van der Waals surface area contributed by atoms with Crippen molar-refractivity contribution in [3.8, 4) is 0 Å². The molecular weight excluding hydrogens is 278 g/mol. The molecule has 0 spiro atoms. The molecule has 114 valence electrons. The van der Waals surface area contributed by atoms with Gasteiger partial charge in [-0.1, -0.05) is 19.1 Å². The van der Waals surface area contributed by atoms with Crippen molar-refractivity contribution in [2.24, 2.45) is 0 Å². The summed E-state index contributed by atoms with van der Waals surface area (Å²) in [5.41, 5.74) is 1.27. The first-order valence-electron chi connectivity index (χ1n) is 7.65. The summed E-state index contributed by atoms with van der Waals surface area (Å²) >= 11 is 1.82. The number of pyridine rings is 1. The lowest BCUT2D eigenvalue weighted by molar-refractivity contribution is 0.206. The average molecular weight is 303 g/mol. The standard InChI is InChI=1S/C17H25N3S/c1-4-9-18-17-15(7-5-10-19-17)12-20(14(2)3)13-16-8-6-11-21-16/h5-8,10-11,14H,4,9,12-13H2,1-3H3,(H,18,19). The molecule has 21 heavy (non-hydrogen) atoms. The molecule has 2 heterocycles. The third-order valence-electron chi connectivity index (χ3n) is 3.48. The predicted octanol–water partition coefficient (Wildman–Crippen LogP) is 4.38. The van der Waals surface area contributed by atoms with E-state index in [0.29, 0.717) is 6.04 Å². The highest BCUT2D eigenvalue weighted by molar-refractivity contribution is 7.09. The number of anilines is 1. The van der Waals surface area contributed by atoms with Gasteiger partial charge in [-0.15, -0.1) is 11.3 Å². The maximum Gasteiger partial charge on any atom is 0.130 e. The first-order valence-corrected chi connectivity index (χ1v) is 8.53. The van der Waals surface area contributed by atoms with Crippen LogP contribution in [0.3, 0.4) is 0 Å². The minimum Gasteiger partial charge on any atom is -0.370 e. The second-order valence-electron chi connectivity index (χ2n) is 5.52. The third kappa shape index (κ3) is 4.83. The summed E-state index contributed by atoms with van der Waals surface area (Å²) in [6.45, 7) is 9.57. The van der Waals surface area contributed by atoms with E-state index >= 15 is 0 Å². The van der Waals surface area contributed by atoms with Gasteiger partial charge in [0.2, 0.25) is 0 Å². The summed E-state index contributed by atoms with van der Waals surface area (Å²) in [5, 5.41) is 5.58. The molecule has 0 amide bonds. The van der Waals surface area contributed by atoms with E-state index in [2.05, 4.69) is 59.6 Å². The smallest absolute Gasteiger partial charge is 0.130 e. The van der Waals surface area contributed by atoms with Crippen molar-refractivity contribution in [2.45, 2.75) is 46.3 Å². The van der Waals surface area contributed by atoms with Gasteiger partial charge in [0.05, 0.1) is 0 Å². The van der Waals surface area contributed by atoms with E-state index in [1.165, 1.54) is 10.4 Å². The molecule has 0 aliphatic heterocycles. The Morgan fingerprint density at radius 2 is 2.10 bits per heavy atom. The number of rotatable bonds is 8. The fraction of sp³-hybridized carbons (Fsp3) is 0.471. The van der Waals surface area contributed by atoms with E-state index in [-0.39, 0.29) is 0 Å². The van der Waals surface area contributed by atoms with Crippen LogP contribution in [0.2, 0.25) is 0 Å². The van der Waals surface area contributed by atoms with Crippen LogP contribution >= 0.6 is 11.3 Å². The molecule has 4 heteroatoms. The molecule has 0 aromatic carbocycles. The summed E-state index contributed by atoms with van der Waals surface area (Å²) in [6.07, 6.45) is 2.97. The van der Waals surface area contributed by atoms with Gasteiger partial charge >= 0.3 is 0 Å². The molecule has 0 unspecified atom stereocenters. The van der Waals surface area contributed by atoms with Crippen molar-refractivity contribution < 1.29 is 0 Å². The van der Waals surface area contributed by atoms with Crippen LogP contribution in [0.1, 0.15) is 37.6 Å². The molecule has 2 aromatic heterocycles. The van der Waals surface area contributed by atoms with Crippen LogP contribution in [0.4, 0.5) is 5.82 Å². The minimum atomic E-state index is 0.506. The molecule has 0 saturated heterocycles. The second kappa shape index (κ2) is 8.15. The van der Waals surface area contributed by atoms with Crippen LogP contribution in [0.25, 0.3) is 0 Å². The van der Waals surface area contributed by atoms with Crippen LogP contribution in [0.5, 0.6) is 0 Å². The van der Waals surface area contributed by atoms with E-state index in [1.54, 1.807) is 0 Å². The van der Waals surface area contributed by atoms with Gasteiger partial charge in [-0.3, -0.25) is 4.90 Å². The average Bonchev–Trinajstić information content (AvgIpc) is 2.98. The van der Waals surface area contributed by atoms with E-state index in [1.807, 2.05) is 23.6 Å². The fourth-order valence-electron chi connectivity index (χ4n) is 2.21. The maximum atomic E-state index is 4.49. The second-order valence-corrected chi connectivity index (χ2v) is 6.55. The quantitative estimate of drug-likeness (QED) is 0.784. The lowest BCUT2D eigenvalue weighted by atomic mass is 10.2. The van der Waals surface area contributed by atoms with Crippen LogP contribution in [-0.2, 0) is 13.1 Å². The molecule has 2 rings (SSSR count). The van der Waals surface area contributed by atoms with Gasteiger partial charge < -0.3 is 5.32 Å². The molecule has 0 aliphatic carbocycles. The minimum absolute atomic E-state index is 0.506. The van der Waals surface area contributed by atoms with Crippen molar-refractivity contribution in [1.82, 2.24) is 9.88 Å². The third-order valence-corrected chi connectivity index (χ3v) is 4.34. The number of nitrogens with one attached hydrogen (secondary N) is 1. The number of hydrogen-bond acceptors (Lipinski definition) is 4. The zero-order valence-electron chi connectivity index (χ0n) is 13.2. The van der Waals surface area contributed by atoms with E-state index < -0.39 is 0 Å². The van der Waals surface area contributed by atoms with E-state index in [0.717, 1.165) is 31.9 Å². The monoisotopic (exact) mass is 303 g/mol. The van der Waals surface area contributed by atoms with Crippen molar-refractivity contribution in [1.29, 1.82) is 0 Å². The zero-order chi connectivity index (χ0) is 15.1. The van der Waals surface area contributed by atoms with Crippen LogP contribution in [0, 0.1) is 0 Å². The van der Waals surface area contributed by atoms with Crippen LogP contribution < -0.4 is 5.32 Å². The Labute approximate surface area is 132 Å². The van der Waals surface area contributed by atoms with Crippen molar-refractivity contribution in [3.63, 3.8) is 0 Å². The number of aromatic nitrogens is 1. The van der Waals surface area contributed by atoms with Gasteiger partial charge in [0.1, 0.15) is 5.82 Å². The largest absolute Gasteiger partial charge is 0.370 e. The van der Waals surface area contributed by atoms with Crippen LogP contribution in [-0.4, -0.2) is 22.5 Å². The molecule has 1 N–H and O–H groups in total.